The smallest absolute Gasteiger partial charge is 0.0890 e. The van der Waals surface area contributed by atoms with Gasteiger partial charge in [-0.05, 0) is 24.0 Å². The Labute approximate surface area is 126 Å². The van der Waals surface area contributed by atoms with Crippen molar-refractivity contribution in [2.24, 2.45) is 0 Å². The molecule has 21 heavy (non-hydrogen) atoms. The van der Waals surface area contributed by atoms with Crippen molar-refractivity contribution in [1.82, 2.24) is 0 Å². The fraction of sp³-hybridized carbons (Fsp3) is 0.150. The van der Waals surface area contributed by atoms with Crippen LogP contribution in [-0.2, 0) is 5.41 Å². The molecule has 0 aliphatic rings. The molecule has 2 aromatic carbocycles. The van der Waals surface area contributed by atoms with Gasteiger partial charge in [0.05, 0.1) is 11.5 Å². The summed E-state index contributed by atoms with van der Waals surface area (Å²) < 4.78 is 0. The average Bonchev–Trinajstić information content (AvgIpc) is 2.56. The Hall–Kier alpha value is -2.59. The van der Waals surface area contributed by atoms with Gasteiger partial charge in [-0.25, -0.2) is 0 Å². The molecule has 104 valence electrons. The second kappa shape index (κ2) is 7.26. The molecule has 0 fully saturated rings. The van der Waals surface area contributed by atoms with Gasteiger partial charge in [-0.3, -0.25) is 0 Å². The van der Waals surface area contributed by atoms with Crippen molar-refractivity contribution in [1.29, 1.82) is 5.26 Å². The van der Waals surface area contributed by atoms with Crippen LogP contribution in [0, 0.1) is 11.3 Å². The van der Waals surface area contributed by atoms with Crippen LogP contribution in [0.25, 0.3) is 6.08 Å². The molecule has 0 saturated heterocycles. The van der Waals surface area contributed by atoms with Gasteiger partial charge in [-0.2, -0.15) is 5.26 Å². The quantitative estimate of drug-likeness (QED) is 0.669. The number of allylic oxidation sites excluding steroid dienone is 2. The van der Waals surface area contributed by atoms with Crippen molar-refractivity contribution < 1.29 is 0 Å². The van der Waals surface area contributed by atoms with Crippen LogP contribution in [-0.4, -0.2) is 0 Å². The van der Waals surface area contributed by atoms with Gasteiger partial charge in [0.2, 0.25) is 0 Å². The maximum absolute atomic E-state index is 9.73. The van der Waals surface area contributed by atoms with Crippen LogP contribution in [0.5, 0.6) is 0 Å². The van der Waals surface area contributed by atoms with Crippen molar-refractivity contribution in [2.45, 2.75) is 18.3 Å². The van der Waals surface area contributed by atoms with E-state index >= 15 is 0 Å². The molecule has 0 spiro atoms. The summed E-state index contributed by atoms with van der Waals surface area (Å²) in [6, 6.07) is 22.6. The van der Waals surface area contributed by atoms with Gasteiger partial charge in [-0.15, -0.1) is 6.58 Å². The summed E-state index contributed by atoms with van der Waals surface area (Å²) in [5.41, 5.74) is 1.66. The zero-order valence-electron chi connectivity index (χ0n) is 12.1. The lowest BCUT2D eigenvalue weighted by Gasteiger charge is -2.24. The Balaban J connectivity index is 2.24. The first-order valence-electron chi connectivity index (χ1n) is 7.10. The van der Waals surface area contributed by atoms with Crippen LogP contribution in [0.3, 0.4) is 0 Å². The standard InChI is InChI=1S/C20H19N/c1-2-15-20(17-21,19-13-7-4-8-14-19)16-9-12-18-10-5-3-6-11-18/h2-14H,1,15-16H2/b12-9+. The fourth-order valence-corrected chi connectivity index (χ4v) is 2.44. The monoisotopic (exact) mass is 273 g/mol. The van der Waals surface area contributed by atoms with Gasteiger partial charge >= 0.3 is 0 Å². The van der Waals surface area contributed by atoms with Crippen molar-refractivity contribution in [3.63, 3.8) is 0 Å². The zero-order valence-corrected chi connectivity index (χ0v) is 12.1. The molecular formula is C20H19N. The average molecular weight is 273 g/mol. The molecule has 0 bridgehead atoms. The highest BCUT2D eigenvalue weighted by molar-refractivity contribution is 5.49. The largest absolute Gasteiger partial charge is 0.197 e. The van der Waals surface area contributed by atoms with E-state index in [2.05, 4.69) is 36.9 Å². The van der Waals surface area contributed by atoms with Crippen LogP contribution in [0.1, 0.15) is 24.0 Å². The molecule has 2 aromatic rings. The van der Waals surface area contributed by atoms with Crippen LogP contribution in [0.2, 0.25) is 0 Å². The van der Waals surface area contributed by atoms with Crippen molar-refractivity contribution in [3.8, 4) is 6.07 Å². The lowest BCUT2D eigenvalue weighted by Crippen LogP contribution is -2.22. The number of hydrogen-bond donors (Lipinski definition) is 0. The molecule has 0 aromatic heterocycles. The first-order chi connectivity index (χ1) is 10.3. The number of nitrogens with zero attached hydrogens (tertiary/aromatic N) is 1. The van der Waals surface area contributed by atoms with E-state index in [9.17, 15) is 5.26 Å². The second-order valence-electron chi connectivity index (χ2n) is 5.07. The Morgan fingerprint density at radius 1 is 0.952 bits per heavy atom. The van der Waals surface area contributed by atoms with E-state index in [0.29, 0.717) is 12.8 Å². The van der Waals surface area contributed by atoms with Crippen LogP contribution < -0.4 is 0 Å². The predicted molar refractivity (Wildman–Crippen MR) is 88.6 cm³/mol. The molecule has 0 radical (unpaired) electrons. The third-order valence-corrected chi connectivity index (χ3v) is 3.61. The summed E-state index contributed by atoms with van der Waals surface area (Å²) in [4.78, 5) is 0. The van der Waals surface area contributed by atoms with E-state index in [4.69, 9.17) is 0 Å². The van der Waals surface area contributed by atoms with E-state index in [1.54, 1.807) is 0 Å². The van der Waals surface area contributed by atoms with Crippen LogP contribution >= 0.6 is 0 Å². The van der Waals surface area contributed by atoms with Crippen molar-refractivity contribution in [3.05, 3.63) is 90.5 Å². The molecule has 1 atom stereocenters. The summed E-state index contributed by atoms with van der Waals surface area (Å²) in [6.07, 6.45) is 7.29. The number of hydrogen-bond acceptors (Lipinski definition) is 1. The van der Waals surface area contributed by atoms with Gasteiger partial charge in [0.25, 0.3) is 0 Å². The van der Waals surface area contributed by atoms with Crippen LogP contribution in [0.15, 0.2) is 79.4 Å². The molecule has 1 nitrogen and oxygen atoms in total. The molecule has 0 aliphatic heterocycles. The van der Waals surface area contributed by atoms with Gasteiger partial charge in [-0.1, -0.05) is 78.9 Å². The Morgan fingerprint density at radius 3 is 2.14 bits per heavy atom. The topological polar surface area (TPSA) is 23.8 Å². The molecule has 2 rings (SSSR count). The number of rotatable bonds is 6. The van der Waals surface area contributed by atoms with Gasteiger partial charge in [0, 0.05) is 0 Å². The third kappa shape index (κ3) is 3.70. The summed E-state index contributed by atoms with van der Waals surface area (Å²) >= 11 is 0. The predicted octanol–water partition coefficient (Wildman–Crippen LogP) is 5.13. The van der Waals surface area contributed by atoms with Gasteiger partial charge < -0.3 is 0 Å². The Morgan fingerprint density at radius 2 is 1.57 bits per heavy atom. The summed E-state index contributed by atoms with van der Waals surface area (Å²) in [7, 11) is 0. The van der Waals surface area contributed by atoms with Gasteiger partial charge in [0.1, 0.15) is 0 Å². The first-order valence-corrected chi connectivity index (χ1v) is 7.10. The van der Waals surface area contributed by atoms with Crippen molar-refractivity contribution >= 4 is 6.08 Å². The molecule has 0 heterocycles. The first kappa shape index (κ1) is 14.8. The molecule has 0 aliphatic carbocycles. The highest BCUT2D eigenvalue weighted by Crippen LogP contribution is 2.32. The molecule has 0 saturated carbocycles. The molecule has 1 heteroatoms. The lowest BCUT2D eigenvalue weighted by molar-refractivity contribution is 0.566. The maximum Gasteiger partial charge on any atom is 0.0890 e. The second-order valence-corrected chi connectivity index (χ2v) is 5.07. The van der Waals surface area contributed by atoms with E-state index < -0.39 is 5.41 Å². The molecular weight excluding hydrogens is 254 g/mol. The minimum absolute atomic E-state index is 0.533. The highest BCUT2D eigenvalue weighted by atomic mass is 14.4. The highest BCUT2D eigenvalue weighted by Gasteiger charge is 2.29. The minimum atomic E-state index is -0.533. The molecule has 0 amide bonds. The summed E-state index contributed by atoms with van der Waals surface area (Å²) in [5.74, 6) is 0. The maximum atomic E-state index is 9.73. The Bertz CT molecular complexity index is 635. The number of nitriles is 1. The lowest BCUT2D eigenvalue weighted by atomic mass is 9.76. The molecule has 1 unspecified atom stereocenters. The van der Waals surface area contributed by atoms with E-state index in [1.807, 2.05) is 54.6 Å². The SMILES string of the molecule is C=CCC(C#N)(C/C=C/c1ccccc1)c1ccccc1. The summed E-state index contributed by atoms with van der Waals surface area (Å²) in [5, 5.41) is 9.73. The van der Waals surface area contributed by atoms with E-state index in [0.717, 1.165) is 11.1 Å². The Kier molecular flexibility index (Phi) is 5.12. The fourth-order valence-electron chi connectivity index (χ4n) is 2.44. The zero-order chi connectivity index (χ0) is 15.0. The van der Waals surface area contributed by atoms with Gasteiger partial charge in [0.15, 0.2) is 0 Å². The normalized spacial score (nSPS) is 13.5. The summed E-state index contributed by atoms with van der Waals surface area (Å²) in [6.45, 7) is 3.81. The van der Waals surface area contributed by atoms with E-state index in [1.165, 1.54) is 0 Å². The minimum Gasteiger partial charge on any atom is -0.197 e. The van der Waals surface area contributed by atoms with E-state index in [-0.39, 0.29) is 0 Å². The van der Waals surface area contributed by atoms with Crippen LogP contribution in [0.4, 0.5) is 0 Å². The van der Waals surface area contributed by atoms with Crippen molar-refractivity contribution in [2.75, 3.05) is 0 Å². The molecule has 0 N–H and O–H groups in total. The third-order valence-electron chi connectivity index (χ3n) is 3.61. The number of benzene rings is 2.